The molecule has 2 nitrogen and oxygen atoms in total. The van der Waals surface area contributed by atoms with Crippen molar-refractivity contribution in [3.63, 3.8) is 0 Å². The summed E-state index contributed by atoms with van der Waals surface area (Å²) in [6.45, 7) is 4.35. The van der Waals surface area contributed by atoms with Gasteiger partial charge in [0.15, 0.2) is 0 Å². The van der Waals surface area contributed by atoms with Gasteiger partial charge in [0, 0.05) is 13.0 Å². The number of para-hydroxylation sites is 1. The smallest absolute Gasteiger partial charge is 0.227 e. The lowest BCUT2D eigenvalue weighted by atomic mass is 9.91. The summed E-state index contributed by atoms with van der Waals surface area (Å²) in [5.41, 5.74) is 1.42. The van der Waals surface area contributed by atoms with Crippen molar-refractivity contribution in [3.05, 3.63) is 29.6 Å². The van der Waals surface area contributed by atoms with Crippen molar-refractivity contribution in [1.82, 2.24) is 0 Å². The number of carbonyl (C=O) groups is 1. The van der Waals surface area contributed by atoms with E-state index in [2.05, 4.69) is 0 Å². The summed E-state index contributed by atoms with van der Waals surface area (Å²) in [5.74, 6) is -0.164. The molecule has 0 saturated carbocycles. The second kappa shape index (κ2) is 3.65. The highest BCUT2D eigenvalue weighted by Gasteiger charge is 2.29. The Labute approximate surface area is 88.7 Å². The van der Waals surface area contributed by atoms with Crippen LogP contribution in [-0.4, -0.2) is 12.5 Å². The molecule has 0 spiro atoms. The van der Waals surface area contributed by atoms with E-state index < -0.39 is 0 Å². The fourth-order valence-electron chi connectivity index (χ4n) is 2.16. The number of nitrogens with zero attached hydrogens (tertiary/aromatic N) is 1. The van der Waals surface area contributed by atoms with Crippen molar-refractivity contribution >= 4 is 11.6 Å². The average molecular weight is 207 g/mol. The molecular weight excluding hydrogens is 193 g/mol. The molecule has 1 amide bonds. The monoisotopic (exact) mass is 207 g/mol. The van der Waals surface area contributed by atoms with E-state index in [0.717, 1.165) is 5.56 Å². The maximum Gasteiger partial charge on any atom is 0.227 e. The van der Waals surface area contributed by atoms with E-state index in [-0.39, 0.29) is 17.6 Å². The van der Waals surface area contributed by atoms with Gasteiger partial charge < -0.3 is 4.90 Å². The van der Waals surface area contributed by atoms with Gasteiger partial charge in [0.2, 0.25) is 5.91 Å². The molecule has 80 valence electrons. The van der Waals surface area contributed by atoms with Gasteiger partial charge in [-0.05, 0) is 24.5 Å². The molecule has 0 aromatic heterocycles. The van der Waals surface area contributed by atoms with E-state index in [0.29, 0.717) is 18.7 Å². The molecule has 0 bridgehead atoms. The summed E-state index contributed by atoms with van der Waals surface area (Å²) in [6.07, 6.45) is 0.476. The predicted molar refractivity (Wildman–Crippen MR) is 57.5 cm³/mol. The lowest BCUT2D eigenvalue weighted by Crippen LogP contribution is -2.36. The van der Waals surface area contributed by atoms with E-state index in [1.165, 1.54) is 11.0 Å². The van der Waals surface area contributed by atoms with Crippen molar-refractivity contribution < 1.29 is 9.18 Å². The van der Waals surface area contributed by atoms with Crippen LogP contribution in [0.5, 0.6) is 0 Å². The number of hydrogen-bond acceptors (Lipinski definition) is 1. The van der Waals surface area contributed by atoms with Gasteiger partial charge in [-0.3, -0.25) is 4.79 Å². The summed E-state index contributed by atoms with van der Waals surface area (Å²) < 4.78 is 13.7. The van der Waals surface area contributed by atoms with Gasteiger partial charge in [-0.25, -0.2) is 4.39 Å². The molecule has 1 heterocycles. The maximum atomic E-state index is 13.7. The molecule has 0 fully saturated rings. The van der Waals surface area contributed by atoms with Crippen LogP contribution in [0.25, 0.3) is 0 Å². The Balaban J connectivity index is 2.59. The molecule has 1 aromatic rings. The highest BCUT2D eigenvalue weighted by atomic mass is 19.1. The minimum Gasteiger partial charge on any atom is -0.310 e. The lowest BCUT2D eigenvalue weighted by molar-refractivity contribution is -0.119. The first-order valence-electron chi connectivity index (χ1n) is 5.24. The van der Waals surface area contributed by atoms with Gasteiger partial charge in [0.1, 0.15) is 5.82 Å². The minimum absolute atomic E-state index is 0.0163. The Kier molecular flexibility index (Phi) is 2.47. The van der Waals surface area contributed by atoms with Crippen LogP contribution < -0.4 is 4.90 Å². The van der Waals surface area contributed by atoms with Crippen LogP contribution in [-0.2, 0) is 4.79 Å². The van der Waals surface area contributed by atoms with Crippen molar-refractivity contribution in [1.29, 1.82) is 0 Å². The molecular formula is C12H14FNO. The summed E-state index contributed by atoms with van der Waals surface area (Å²) in [7, 11) is 0. The van der Waals surface area contributed by atoms with Crippen LogP contribution in [0.4, 0.5) is 10.1 Å². The van der Waals surface area contributed by atoms with E-state index in [1.807, 2.05) is 19.9 Å². The number of rotatable bonds is 1. The van der Waals surface area contributed by atoms with Gasteiger partial charge in [-0.2, -0.15) is 0 Å². The Morgan fingerprint density at radius 3 is 2.93 bits per heavy atom. The van der Waals surface area contributed by atoms with E-state index >= 15 is 0 Å². The Hall–Kier alpha value is -1.38. The molecule has 1 aliphatic rings. The Morgan fingerprint density at radius 1 is 1.53 bits per heavy atom. The van der Waals surface area contributed by atoms with Gasteiger partial charge in [-0.15, -0.1) is 0 Å². The first-order chi connectivity index (χ1) is 7.15. The SMILES string of the molecule is CCN1C(=O)CC(C)c2cccc(F)c21. The largest absolute Gasteiger partial charge is 0.310 e. The highest BCUT2D eigenvalue weighted by Crippen LogP contribution is 2.37. The predicted octanol–water partition coefficient (Wildman–Crippen LogP) is 2.69. The summed E-state index contributed by atoms with van der Waals surface area (Å²) in [4.78, 5) is 13.2. The molecule has 15 heavy (non-hydrogen) atoms. The quantitative estimate of drug-likeness (QED) is 0.693. The Bertz CT molecular complexity index is 403. The summed E-state index contributed by atoms with van der Waals surface area (Å²) in [6, 6.07) is 5.01. The van der Waals surface area contributed by atoms with Crippen LogP contribution >= 0.6 is 0 Å². The van der Waals surface area contributed by atoms with Gasteiger partial charge in [0.25, 0.3) is 0 Å². The standard InChI is InChI=1S/C12H14FNO/c1-3-14-11(15)7-8(2)9-5-4-6-10(13)12(9)14/h4-6,8H,3,7H2,1-2H3. The van der Waals surface area contributed by atoms with Gasteiger partial charge in [-0.1, -0.05) is 19.1 Å². The molecule has 0 N–H and O–H groups in total. The highest BCUT2D eigenvalue weighted by molar-refractivity contribution is 5.97. The van der Waals surface area contributed by atoms with Crippen molar-refractivity contribution in [2.45, 2.75) is 26.2 Å². The molecule has 0 radical (unpaired) electrons. The third-order valence-corrected chi connectivity index (χ3v) is 2.92. The van der Waals surface area contributed by atoms with Crippen LogP contribution in [0, 0.1) is 5.82 Å². The molecule has 1 aromatic carbocycles. The molecule has 3 heteroatoms. The number of amides is 1. The molecule has 0 aliphatic carbocycles. The molecule has 1 atom stereocenters. The van der Waals surface area contributed by atoms with E-state index in [1.54, 1.807) is 6.07 Å². The second-order valence-corrected chi connectivity index (χ2v) is 3.92. The number of fused-ring (bicyclic) bond motifs is 1. The molecule has 0 saturated heterocycles. The third kappa shape index (κ3) is 1.52. The number of anilines is 1. The number of carbonyl (C=O) groups excluding carboxylic acids is 1. The maximum absolute atomic E-state index is 13.7. The first kappa shape index (κ1) is 10.1. The molecule has 2 rings (SSSR count). The number of benzene rings is 1. The zero-order valence-electron chi connectivity index (χ0n) is 8.96. The number of halogens is 1. The average Bonchev–Trinajstić information content (AvgIpc) is 2.20. The van der Waals surface area contributed by atoms with Crippen molar-refractivity contribution in [2.75, 3.05) is 11.4 Å². The van der Waals surface area contributed by atoms with Gasteiger partial charge in [0.05, 0.1) is 5.69 Å². The van der Waals surface area contributed by atoms with Gasteiger partial charge >= 0.3 is 0 Å². The fourth-order valence-corrected chi connectivity index (χ4v) is 2.16. The molecule has 1 aliphatic heterocycles. The summed E-state index contributed by atoms with van der Waals surface area (Å²) >= 11 is 0. The van der Waals surface area contributed by atoms with Crippen LogP contribution in [0.3, 0.4) is 0 Å². The topological polar surface area (TPSA) is 20.3 Å². The zero-order valence-corrected chi connectivity index (χ0v) is 8.96. The van der Waals surface area contributed by atoms with Crippen molar-refractivity contribution in [2.24, 2.45) is 0 Å². The van der Waals surface area contributed by atoms with Crippen LogP contribution in [0.2, 0.25) is 0 Å². The Morgan fingerprint density at radius 2 is 2.27 bits per heavy atom. The minimum atomic E-state index is -0.297. The van der Waals surface area contributed by atoms with E-state index in [9.17, 15) is 9.18 Å². The van der Waals surface area contributed by atoms with Crippen molar-refractivity contribution in [3.8, 4) is 0 Å². The normalized spacial score (nSPS) is 20.3. The second-order valence-electron chi connectivity index (χ2n) is 3.92. The van der Waals surface area contributed by atoms with Crippen LogP contribution in [0.15, 0.2) is 18.2 Å². The molecule has 1 unspecified atom stereocenters. The third-order valence-electron chi connectivity index (χ3n) is 2.92. The first-order valence-corrected chi connectivity index (χ1v) is 5.24. The zero-order chi connectivity index (χ0) is 11.0. The van der Waals surface area contributed by atoms with E-state index in [4.69, 9.17) is 0 Å². The summed E-state index contributed by atoms with van der Waals surface area (Å²) in [5, 5.41) is 0. The lowest BCUT2D eigenvalue weighted by Gasteiger charge is -2.32. The van der Waals surface area contributed by atoms with Crippen LogP contribution in [0.1, 0.15) is 31.7 Å². The number of hydrogen-bond donors (Lipinski definition) is 0. The fraction of sp³-hybridized carbons (Fsp3) is 0.417.